The number of aryl methyl sites for hydroxylation is 1. The Morgan fingerprint density at radius 2 is 2.04 bits per heavy atom. The number of thiazole rings is 1. The number of nitrogens with one attached hydrogen (secondary N) is 2. The number of aromatic nitrogens is 4. The van der Waals surface area contributed by atoms with E-state index in [1.807, 2.05) is 7.05 Å². The van der Waals surface area contributed by atoms with E-state index >= 15 is 0 Å². The fourth-order valence-corrected chi connectivity index (χ4v) is 3.72. The molecular weight excluding hydrogens is 420 g/mol. The molecule has 0 atom stereocenters. The Bertz CT molecular complexity index is 960. The molecule has 11 heteroatoms. The molecule has 0 radical (unpaired) electrons. The summed E-state index contributed by atoms with van der Waals surface area (Å²) in [6, 6.07) is 7.06. The molecule has 0 spiro atoms. The van der Waals surface area contributed by atoms with E-state index in [2.05, 4.69) is 25.8 Å². The van der Waals surface area contributed by atoms with Crippen molar-refractivity contribution in [3.05, 3.63) is 46.7 Å². The van der Waals surface area contributed by atoms with Gasteiger partial charge < -0.3 is 15.2 Å². The summed E-state index contributed by atoms with van der Waals surface area (Å²) in [5.74, 6) is 0.535. The third-order valence-electron chi connectivity index (χ3n) is 3.66. The molecule has 0 aliphatic carbocycles. The van der Waals surface area contributed by atoms with Crippen LogP contribution in [0.25, 0.3) is 0 Å². The van der Waals surface area contributed by atoms with E-state index in [0.717, 1.165) is 0 Å². The monoisotopic (exact) mass is 436 g/mol. The van der Waals surface area contributed by atoms with Crippen LogP contribution < -0.4 is 10.6 Å². The summed E-state index contributed by atoms with van der Waals surface area (Å²) in [5, 5.41) is 17.1. The molecule has 2 aromatic heterocycles. The molecule has 0 aliphatic heterocycles. The van der Waals surface area contributed by atoms with Crippen LogP contribution in [0.15, 0.2) is 41.0 Å². The van der Waals surface area contributed by atoms with Crippen molar-refractivity contribution in [3.63, 3.8) is 0 Å². The number of hydrogen-bond acceptors (Lipinski definition) is 7. The third-order valence-corrected chi connectivity index (χ3v) is 5.70. The maximum Gasteiger partial charge on any atom is 0.236 e. The molecule has 0 saturated carbocycles. The van der Waals surface area contributed by atoms with Crippen LogP contribution in [0.1, 0.15) is 12.2 Å². The molecule has 3 rings (SSSR count). The van der Waals surface area contributed by atoms with Crippen molar-refractivity contribution in [2.75, 3.05) is 16.4 Å². The second-order valence-electron chi connectivity index (χ2n) is 5.66. The Morgan fingerprint density at radius 3 is 2.79 bits per heavy atom. The third kappa shape index (κ3) is 5.54. The van der Waals surface area contributed by atoms with Crippen molar-refractivity contribution in [2.45, 2.75) is 18.0 Å². The summed E-state index contributed by atoms with van der Waals surface area (Å²) < 4.78 is 1.78. The number of nitrogens with zero attached hydrogens (tertiary/aromatic N) is 4. The number of carbonyl (C=O) groups is 2. The predicted molar refractivity (Wildman–Crippen MR) is 111 cm³/mol. The van der Waals surface area contributed by atoms with Gasteiger partial charge in [-0.05, 0) is 12.1 Å². The van der Waals surface area contributed by atoms with Crippen molar-refractivity contribution < 1.29 is 9.59 Å². The number of carbonyl (C=O) groups excluding carboxylic acids is 2. The largest absolute Gasteiger partial charge is 0.325 e. The van der Waals surface area contributed by atoms with Crippen LogP contribution in [-0.2, 0) is 23.1 Å². The first-order chi connectivity index (χ1) is 13.5. The lowest BCUT2D eigenvalue weighted by Gasteiger charge is -2.07. The number of para-hydroxylation sites is 1. The highest BCUT2D eigenvalue weighted by Crippen LogP contribution is 2.21. The lowest BCUT2D eigenvalue weighted by molar-refractivity contribution is -0.116. The van der Waals surface area contributed by atoms with Gasteiger partial charge in [0.2, 0.25) is 11.8 Å². The molecule has 28 heavy (non-hydrogen) atoms. The smallest absolute Gasteiger partial charge is 0.236 e. The van der Waals surface area contributed by atoms with E-state index in [4.69, 9.17) is 11.6 Å². The zero-order valence-corrected chi connectivity index (χ0v) is 17.3. The Balaban J connectivity index is 1.48. The van der Waals surface area contributed by atoms with Gasteiger partial charge in [-0.15, -0.1) is 21.5 Å². The number of anilines is 2. The van der Waals surface area contributed by atoms with Gasteiger partial charge >= 0.3 is 0 Å². The van der Waals surface area contributed by atoms with Crippen LogP contribution in [0, 0.1) is 0 Å². The van der Waals surface area contributed by atoms with Gasteiger partial charge in [0.05, 0.1) is 16.5 Å². The van der Waals surface area contributed by atoms with Gasteiger partial charge in [-0.25, -0.2) is 4.98 Å². The van der Waals surface area contributed by atoms with Gasteiger partial charge in [-0.1, -0.05) is 35.5 Å². The van der Waals surface area contributed by atoms with E-state index in [0.29, 0.717) is 33.2 Å². The van der Waals surface area contributed by atoms with Crippen LogP contribution in [-0.4, -0.2) is 37.3 Å². The standard InChI is InChI=1S/C17H17ClN6O2S2/c1-24-13(6-7-14(25)20-12-5-3-2-4-11(12)18)22-23-17(24)28-10-15(26)21-16-19-8-9-27-16/h2-5,8-9H,6-7,10H2,1H3,(H,20,25)(H,19,21,26). The van der Waals surface area contributed by atoms with Gasteiger partial charge in [0.1, 0.15) is 5.82 Å². The first-order valence-electron chi connectivity index (χ1n) is 8.27. The fourth-order valence-electron chi connectivity index (χ4n) is 2.26. The minimum absolute atomic E-state index is 0.159. The zero-order chi connectivity index (χ0) is 19.9. The Labute approximate surface area is 174 Å². The molecule has 1 aromatic carbocycles. The Hall–Kier alpha value is -2.43. The van der Waals surface area contributed by atoms with E-state index in [-0.39, 0.29) is 24.0 Å². The van der Waals surface area contributed by atoms with Crippen molar-refractivity contribution in [3.8, 4) is 0 Å². The highest BCUT2D eigenvalue weighted by Gasteiger charge is 2.14. The second-order valence-corrected chi connectivity index (χ2v) is 7.90. The SMILES string of the molecule is Cn1c(CCC(=O)Nc2ccccc2Cl)nnc1SCC(=O)Nc1nccs1. The van der Waals surface area contributed by atoms with Crippen LogP contribution in [0.2, 0.25) is 5.02 Å². The van der Waals surface area contributed by atoms with Crippen molar-refractivity contribution in [2.24, 2.45) is 7.05 Å². The Morgan fingerprint density at radius 1 is 1.21 bits per heavy atom. The van der Waals surface area contributed by atoms with E-state index in [1.165, 1.54) is 23.1 Å². The van der Waals surface area contributed by atoms with Gasteiger partial charge in [0.15, 0.2) is 10.3 Å². The number of thioether (sulfide) groups is 1. The predicted octanol–water partition coefficient (Wildman–Crippen LogP) is 3.23. The number of amides is 2. The molecule has 2 amide bonds. The van der Waals surface area contributed by atoms with E-state index in [9.17, 15) is 9.59 Å². The number of hydrogen-bond donors (Lipinski definition) is 2. The van der Waals surface area contributed by atoms with Crippen LogP contribution >= 0.6 is 34.7 Å². The van der Waals surface area contributed by atoms with Gasteiger partial charge in [0, 0.05) is 31.5 Å². The maximum atomic E-state index is 12.1. The molecule has 8 nitrogen and oxygen atoms in total. The number of halogens is 1. The lowest BCUT2D eigenvalue weighted by atomic mass is 10.2. The highest BCUT2D eigenvalue weighted by molar-refractivity contribution is 7.99. The molecule has 2 heterocycles. The molecule has 0 aliphatic rings. The summed E-state index contributed by atoms with van der Waals surface area (Å²) in [7, 11) is 1.81. The van der Waals surface area contributed by atoms with E-state index < -0.39 is 0 Å². The quantitative estimate of drug-likeness (QED) is 0.525. The maximum absolute atomic E-state index is 12.1. The first-order valence-corrected chi connectivity index (χ1v) is 10.5. The van der Waals surface area contributed by atoms with Crippen molar-refractivity contribution in [1.82, 2.24) is 19.7 Å². The normalized spacial score (nSPS) is 10.6. The van der Waals surface area contributed by atoms with Crippen molar-refractivity contribution in [1.29, 1.82) is 0 Å². The Kier molecular flexibility index (Phi) is 7.01. The molecule has 0 saturated heterocycles. The second kappa shape index (κ2) is 9.67. The molecule has 0 bridgehead atoms. The average molecular weight is 437 g/mol. The number of benzene rings is 1. The zero-order valence-electron chi connectivity index (χ0n) is 14.9. The molecule has 0 unspecified atom stereocenters. The van der Waals surface area contributed by atoms with Crippen molar-refractivity contribution >= 4 is 57.3 Å². The summed E-state index contributed by atoms with van der Waals surface area (Å²) in [6.07, 6.45) is 2.29. The molecule has 2 N–H and O–H groups in total. The van der Waals surface area contributed by atoms with Crippen LogP contribution in [0.5, 0.6) is 0 Å². The topological polar surface area (TPSA) is 102 Å². The summed E-state index contributed by atoms with van der Waals surface area (Å²) in [4.78, 5) is 28.1. The first kappa shape index (κ1) is 20.3. The van der Waals surface area contributed by atoms with Crippen LogP contribution in [0.4, 0.5) is 10.8 Å². The van der Waals surface area contributed by atoms with Gasteiger partial charge in [0.25, 0.3) is 0 Å². The van der Waals surface area contributed by atoms with Gasteiger partial charge in [-0.2, -0.15) is 0 Å². The molecule has 146 valence electrons. The summed E-state index contributed by atoms with van der Waals surface area (Å²) in [5.41, 5.74) is 0.578. The molecular formula is C17H17ClN6O2S2. The van der Waals surface area contributed by atoms with Crippen LogP contribution in [0.3, 0.4) is 0 Å². The van der Waals surface area contributed by atoms with E-state index in [1.54, 1.807) is 40.4 Å². The van der Waals surface area contributed by atoms with Gasteiger partial charge in [-0.3, -0.25) is 9.59 Å². The highest BCUT2D eigenvalue weighted by atomic mass is 35.5. The minimum Gasteiger partial charge on any atom is -0.325 e. The molecule has 0 fully saturated rings. The summed E-state index contributed by atoms with van der Waals surface area (Å²) in [6.45, 7) is 0. The average Bonchev–Trinajstić information content (AvgIpc) is 3.30. The lowest BCUT2D eigenvalue weighted by Crippen LogP contribution is -2.15. The molecule has 3 aromatic rings. The summed E-state index contributed by atoms with van der Waals surface area (Å²) >= 11 is 8.67. The fraction of sp³-hybridized carbons (Fsp3) is 0.235. The number of rotatable bonds is 8. The minimum atomic E-state index is -0.163.